The van der Waals surface area contributed by atoms with Gasteiger partial charge in [-0.15, -0.1) is 0 Å². The molecular formula is C11H18NO2+. The van der Waals surface area contributed by atoms with Crippen LogP contribution in [0, 0.1) is 0 Å². The first kappa shape index (κ1) is 12.8. The molecule has 0 aromatic heterocycles. The van der Waals surface area contributed by atoms with Gasteiger partial charge in [-0.3, -0.25) is 0 Å². The highest BCUT2D eigenvalue weighted by Crippen LogP contribution is 2.05. The normalized spacial score (nSPS) is 15.1. The van der Waals surface area contributed by atoms with Gasteiger partial charge in [-0.1, -0.05) is 18.7 Å². The number of hydrogen-bond acceptors (Lipinski definition) is 2. The zero-order valence-electron chi connectivity index (χ0n) is 8.81. The van der Waals surface area contributed by atoms with E-state index in [2.05, 4.69) is 19.9 Å². The van der Waals surface area contributed by atoms with Crippen LogP contribution in [0.15, 0.2) is 37.1 Å². The lowest BCUT2D eigenvalue weighted by atomic mass is 10.3. The quantitative estimate of drug-likeness (QED) is 0.301. The minimum atomic E-state index is -0.633. The second-order valence-corrected chi connectivity index (χ2v) is 2.92. The van der Waals surface area contributed by atoms with Gasteiger partial charge < -0.3 is 9.84 Å². The number of aliphatic hydroxyl groups excluding tert-OH is 1. The van der Waals surface area contributed by atoms with Gasteiger partial charge in [0.15, 0.2) is 5.70 Å². The summed E-state index contributed by atoms with van der Waals surface area (Å²) >= 11 is 0. The molecule has 2 atom stereocenters. The van der Waals surface area contributed by atoms with Gasteiger partial charge in [0.25, 0.3) is 6.23 Å². The summed E-state index contributed by atoms with van der Waals surface area (Å²) in [6.07, 6.45) is 4.01. The van der Waals surface area contributed by atoms with E-state index in [1.165, 1.54) is 11.7 Å². The summed E-state index contributed by atoms with van der Waals surface area (Å²) in [6, 6.07) is 0. The van der Waals surface area contributed by atoms with Crippen LogP contribution in [0.2, 0.25) is 0 Å². The van der Waals surface area contributed by atoms with Crippen LogP contribution in [0.1, 0.15) is 6.92 Å². The van der Waals surface area contributed by atoms with E-state index >= 15 is 0 Å². The Bertz CT molecular complexity index is 254. The lowest BCUT2D eigenvalue weighted by Crippen LogP contribution is -2.35. The third-order valence-electron chi connectivity index (χ3n) is 1.75. The van der Waals surface area contributed by atoms with E-state index in [0.717, 1.165) is 0 Å². The van der Waals surface area contributed by atoms with E-state index in [-0.39, 0.29) is 0 Å². The van der Waals surface area contributed by atoms with Crippen LogP contribution in [-0.4, -0.2) is 35.8 Å². The zero-order valence-corrected chi connectivity index (χ0v) is 8.81. The molecule has 0 aliphatic heterocycles. The van der Waals surface area contributed by atoms with Crippen LogP contribution in [0.4, 0.5) is 0 Å². The first-order valence-electron chi connectivity index (χ1n) is 4.33. The Balaban J connectivity index is 4.50. The maximum atomic E-state index is 9.36. The lowest BCUT2D eigenvalue weighted by molar-refractivity contribution is -0.570. The Morgan fingerprint density at radius 3 is 2.50 bits per heavy atom. The monoisotopic (exact) mass is 196 g/mol. The number of aliphatic hydroxyl groups is 1. The first-order chi connectivity index (χ1) is 6.54. The largest absolute Gasteiger partial charge is 0.384 e. The number of nitrogens with zero attached hydrogens (tertiary/aromatic N) is 1. The van der Waals surface area contributed by atoms with Crippen molar-refractivity contribution in [3.63, 3.8) is 0 Å². The summed E-state index contributed by atoms with van der Waals surface area (Å²) in [6.45, 7) is 12.7. The molecule has 0 aliphatic rings. The molecule has 0 amide bonds. The standard InChI is InChI=1S/C11H18NO2/c1-6-7-8-9(2)12(4)11(14-5)10(3)13/h6-8,10-11,13H,1-2,4H2,3,5H3/q+1/b8-7-/t10-,11+/m0/s1. The SMILES string of the molecule is C=C/C=C\C(=C)[N+](=C)[C@H](OC)[C@H](C)O. The number of methoxy groups -OCH3 is 1. The van der Waals surface area contributed by atoms with Crippen LogP contribution in [0.5, 0.6) is 0 Å². The Hall–Kier alpha value is -1.19. The van der Waals surface area contributed by atoms with Crippen LogP contribution in [0.25, 0.3) is 0 Å². The lowest BCUT2D eigenvalue weighted by Gasteiger charge is -2.14. The number of rotatable bonds is 6. The van der Waals surface area contributed by atoms with E-state index in [9.17, 15) is 5.11 Å². The molecule has 0 spiro atoms. The molecule has 3 heteroatoms. The van der Waals surface area contributed by atoms with E-state index in [1.54, 1.807) is 25.2 Å². The summed E-state index contributed by atoms with van der Waals surface area (Å²) < 4.78 is 6.59. The van der Waals surface area contributed by atoms with Crippen LogP contribution in [-0.2, 0) is 4.74 Å². The molecular weight excluding hydrogens is 178 g/mol. The molecule has 0 bridgehead atoms. The Labute approximate surface area is 85.3 Å². The molecule has 0 radical (unpaired) electrons. The molecule has 0 saturated heterocycles. The average molecular weight is 196 g/mol. The number of hydrogen-bond donors (Lipinski definition) is 1. The van der Waals surface area contributed by atoms with Crippen molar-refractivity contribution in [1.29, 1.82) is 0 Å². The van der Waals surface area contributed by atoms with Crippen molar-refractivity contribution in [3.05, 3.63) is 37.1 Å². The summed E-state index contributed by atoms with van der Waals surface area (Å²) in [7, 11) is 1.51. The summed E-state index contributed by atoms with van der Waals surface area (Å²) in [4.78, 5) is 0. The van der Waals surface area contributed by atoms with Crippen molar-refractivity contribution < 1.29 is 14.4 Å². The Kier molecular flexibility index (Phi) is 5.76. The highest BCUT2D eigenvalue weighted by Gasteiger charge is 2.25. The van der Waals surface area contributed by atoms with E-state index in [0.29, 0.717) is 5.70 Å². The van der Waals surface area contributed by atoms with E-state index in [1.807, 2.05) is 0 Å². The minimum Gasteiger partial charge on any atom is -0.384 e. The zero-order chi connectivity index (χ0) is 11.1. The van der Waals surface area contributed by atoms with Gasteiger partial charge in [0.2, 0.25) is 0 Å². The van der Waals surface area contributed by atoms with Crippen LogP contribution >= 0.6 is 0 Å². The molecule has 78 valence electrons. The van der Waals surface area contributed by atoms with Gasteiger partial charge >= 0.3 is 0 Å². The molecule has 0 aromatic carbocycles. The third-order valence-corrected chi connectivity index (χ3v) is 1.75. The minimum absolute atomic E-state index is 0.489. The number of ether oxygens (including phenoxy) is 1. The van der Waals surface area contributed by atoms with Gasteiger partial charge in [-0.05, 0) is 13.5 Å². The van der Waals surface area contributed by atoms with E-state index in [4.69, 9.17) is 4.74 Å². The Morgan fingerprint density at radius 1 is 1.57 bits per heavy atom. The highest BCUT2D eigenvalue weighted by molar-refractivity contribution is 5.21. The fourth-order valence-corrected chi connectivity index (χ4v) is 1.02. The highest BCUT2D eigenvalue weighted by atomic mass is 16.5. The van der Waals surface area contributed by atoms with Crippen molar-refractivity contribution in [3.8, 4) is 0 Å². The van der Waals surface area contributed by atoms with E-state index < -0.39 is 12.3 Å². The molecule has 14 heavy (non-hydrogen) atoms. The van der Waals surface area contributed by atoms with Gasteiger partial charge in [-0.25, -0.2) is 0 Å². The predicted molar refractivity (Wildman–Crippen MR) is 58.3 cm³/mol. The molecule has 0 aliphatic carbocycles. The molecule has 0 heterocycles. The smallest absolute Gasteiger partial charge is 0.288 e. The van der Waals surface area contributed by atoms with Crippen molar-refractivity contribution in [1.82, 2.24) is 0 Å². The number of allylic oxidation sites excluding steroid dienone is 3. The van der Waals surface area contributed by atoms with Crippen molar-refractivity contribution in [2.24, 2.45) is 0 Å². The van der Waals surface area contributed by atoms with Gasteiger partial charge in [-0.2, -0.15) is 4.58 Å². The molecule has 1 N–H and O–H groups in total. The molecule has 3 nitrogen and oxygen atoms in total. The average Bonchev–Trinajstić information content (AvgIpc) is 2.14. The Morgan fingerprint density at radius 2 is 2.14 bits per heavy atom. The molecule has 0 fully saturated rings. The summed E-state index contributed by atoms with van der Waals surface area (Å²) in [5.74, 6) is 0. The first-order valence-corrected chi connectivity index (χ1v) is 4.33. The molecule has 0 saturated carbocycles. The summed E-state index contributed by atoms with van der Waals surface area (Å²) in [5.41, 5.74) is 0.651. The second kappa shape index (κ2) is 6.29. The molecule has 0 rings (SSSR count). The van der Waals surface area contributed by atoms with Crippen molar-refractivity contribution in [2.75, 3.05) is 7.11 Å². The van der Waals surface area contributed by atoms with Gasteiger partial charge in [0.1, 0.15) is 12.8 Å². The molecule has 0 aromatic rings. The van der Waals surface area contributed by atoms with Crippen LogP contribution < -0.4 is 0 Å². The van der Waals surface area contributed by atoms with Gasteiger partial charge in [0, 0.05) is 13.2 Å². The van der Waals surface area contributed by atoms with Crippen molar-refractivity contribution in [2.45, 2.75) is 19.3 Å². The maximum Gasteiger partial charge on any atom is 0.288 e. The summed E-state index contributed by atoms with van der Waals surface area (Å²) in [5, 5.41) is 9.36. The molecule has 0 unspecified atom stereocenters. The van der Waals surface area contributed by atoms with Crippen LogP contribution in [0.3, 0.4) is 0 Å². The fraction of sp³-hybridized carbons (Fsp3) is 0.364. The predicted octanol–water partition coefficient (Wildman–Crippen LogP) is 1.31. The second-order valence-electron chi connectivity index (χ2n) is 2.92. The third kappa shape index (κ3) is 3.68. The topological polar surface area (TPSA) is 32.5 Å². The van der Waals surface area contributed by atoms with Crippen molar-refractivity contribution >= 4 is 6.72 Å². The van der Waals surface area contributed by atoms with Gasteiger partial charge in [0.05, 0.1) is 0 Å². The fourth-order valence-electron chi connectivity index (χ4n) is 1.02. The maximum absolute atomic E-state index is 9.36.